The molecule has 0 aromatic carbocycles. The van der Waals surface area contributed by atoms with Gasteiger partial charge in [0.25, 0.3) is 0 Å². The van der Waals surface area contributed by atoms with Gasteiger partial charge in [0.1, 0.15) is 0 Å². The molecule has 0 radical (unpaired) electrons. The van der Waals surface area contributed by atoms with E-state index in [-0.39, 0.29) is 42.5 Å². The maximum absolute atomic E-state index is 12.5. The van der Waals surface area contributed by atoms with Crippen LogP contribution in [0.1, 0.15) is 79.6 Å². The van der Waals surface area contributed by atoms with Gasteiger partial charge in [-0.15, -0.1) is 0 Å². The molecule has 1 spiro atoms. The molecule has 1 amide bonds. The van der Waals surface area contributed by atoms with Crippen LogP contribution < -0.4 is 5.32 Å². The summed E-state index contributed by atoms with van der Waals surface area (Å²) in [5.74, 6) is -0.666. The highest BCUT2D eigenvalue weighted by Crippen LogP contribution is 2.60. The van der Waals surface area contributed by atoms with E-state index in [4.69, 9.17) is 24.0 Å². The maximum Gasteiger partial charge on any atom is 0.308 e. The summed E-state index contributed by atoms with van der Waals surface area (Å²) in [7, 11) is 0. The SMILES string of the molecule is CCC(C)NC(=O)CCC(=O)OC1O[C@H]2OC3(C)CC[C@H]4[C@H](C)CCC(C1C)C24OO3. The number of nitrogens with one attached hydrogen (secondary N) is 1. The van der Waals surface area contributed by atoms with Gasteiger partial charge in [0, 0.05) is 30.7 Å². The topological polar surface area (TPSA) is 92.3 Å². The van der Waals surface area contributed by atoms with Gasteiger partial charge in [-0.3, -0.25) is 9.59 Å². The summed E-state index contributed by atoms with van der Waals surface area (Å²) in [6.45, 7) is 10.1. The minimum absolute atomic E-state index is 0.0210. The first-order valence-corrected chi connectivity index (χ1v) is 11.9. The molecule has 4 saturated heterocycles. The van der Waals surface area contributed by atoms with Crippen LogP contribution in [0.25, 0.3) is 0 Å². The van der Waals surface area contributed by atoms with Crippen LogP contribution >= 0.6 is 0 Å². The van der Waals surface area contributed by atoms with Crippen molar-refractivity contribution >= 4 is 11.9 Å². The van der Waals surface area contributed by atoms with Gasteiger partial charge in [-0.05, 0) is 51.4 Å². The Balaban J connectivity index is 1.44. The summed E-state index contributed by atoms with van der Waals surface area (Å²) in [5, 5.41) is 2.87. The quantitative estimate of drug-likeness (QED) is 0.501. The molecule has 4 aliphatic heterocycles. The van der Waals surface area contributed by atoms with Gasteiger partial charge < -0.3 is 19.5 Å². The van der Waals surface area contributed by atoms with Crippen molar-refractivity contribution in [1.29, 1.82) is 0 Å². The molecule has 2 bridgehead atoms. The molecular formula is C23H37NO7. The molecule has 0 aromatic rings. The summed E-state index contributed by atoms with van der Waals surface area (Å²) in [5.41, 5.74) is -0.674. The second kappa shape index (κ2) is 8.61. The van der Waals surface area contributed by atoms with Gasteiger partial charge in [0.15, 0.2) is 11.9 Å². The second-order valence-corrected chi connectivity index (χ2v) is 10.1. The third-order valence-electron chi connectivity index (χ3n) is 7.92. The zero-order chi connectivity index (χ0) is 22.4. The third-order valence-corrected chi connectivity index (χ3v) is 7.92. The molecule has 31 heavy (non-hydrogen) atoms. The number of hydrogen-bond donors (Lipinski definition) is 1. The normalized spacial score (nSPS) is 44.7. The third kappa shape index (κ3) is 4.12. The Hall–Kier alpha value is -1.22. The van der Waals surface area contributed by atoms with Gasteiger partial charge >= 0.3 is 5.97 Å². The summed E-state index contributed by atoms with van der Waals surface area (Å²) in [6.07, 6.45) is 3.31. The average Bonchev–Trinajstić information content (AvgIpc) is 2.96. The molecule has 1 saturated carbocycles. The van der Waals surface area contributed by atoms with Crippen molar-refractivity contribution < 1.29 is 33.6 Å². The van der Waals surface area contributed by atoms with E-state index >= 15 is 0 Å². The van der Waals surface area contributed by atoms with Crippen molar-refractivity contribution in [3.8, 4) is 0 Å². The predicted molar refractivity (Wildman–Crippen MR) is 110 cm³/mol. The first-order chi connectivity index (χ1) is 14.7. The van der Waals surface area contributed by atoms with Crippen LogP contribution in [-0.4, -0.2) is 41.9 Å². The van der Waals surface area contributed by atoms with Crippen LogP contribution in [0.5, 0.6) is 0 Å². The Morgan fingerprint density at radius 3 is 2.65 bits per heavy atom. The van der Waals surface area contributed by atoms with Crippen molar-refractivity contribution in [3.63, 3.8) is 0 Å². The number of fused-ring (bicyclic) bond motifs is 2. The van der Waals surface area contributed by atoms with Crippen LogP contribution in [-0.2, 0) is 33.6 Å². The fourth-order valence-corrected chi connectivity index (χ4v) is 5.86. The zero-order valence-corrected chi connectivity index (χ0v) is 19.3. The van der Waals surface area contributed by atoms with E-state index < -0.39 is 29.9 Å². The smallest absolute Gasteiger partial charge is 0.308 e. The van der Waals surface area contributed by atoms with Crippen LogP contribution in [0.2, 0.25) is 0 Å². The Kier molecular flexibility index (Phi) is 6.38. The van der Waals surface area contributed by atoms with Crippen LogP contribution in [0.15, 0.2) is 0 Å². The molecule has 8 nitrogen and oxygen atoms in total. The lowest BCUT2D eigenvalue weighted by molar-refractivity contribution is -0.576. The van der Waals surface area contributed by atoms with Gasteiger partial charge in [0.2, 0.25) is 18.0 Å². The van der Waals surface area contributed by atoms with Gasteiger partial charge in [0.05, 0.1) is 6.42 Å². The first-order valence-electron chi connectivity index (χ1n) is 11.9. The van der Waals surface area contributed by atoms with E-state index in [1.54, 1.807) is 0 Å². The number of rotatable bonds is 6. The fourth-order valence-electron chi connectivity index (χ4n) is 5.86. The van der Waals surface area contributed by atoms with Crippen molar-refractivity contribution in [2.24, 2.45) is 23.7 Å². The standard InChI is InChI=1S/C23H37NO7/c1-6-14(3)24-18(25)9-10-19(26)27-20-15(4)17-8-7-13(2)16-11-12-22(5)29-21(28-20)23(16,17)31-30-22/h13-17,20-21H,6-12H2,1-5H3,(H,24,25)/t13-,14?,15?,16+,17?,20?,21+,22?,23?/m1/s1. The van der Waals surface area contributed by atoms with Crippen molar-refractivity contribution in [2.45, 2.75) is 110 Å². The second-order valence-electron chi connectivity index (χ2n) is 10.1. The zero-order valence-electron chi connectivity index (χ0n) is 19.3. The maximum atomic E-state index is 12.5. The molecule has 9 atom stereocenters. The van der Waals surface area contributed by atoms with Crippen LogP contribution in [0, 0.1) is 23.7 Å². The number of amides is 1. The average molecular weight is 440 g/mol. The largest absolute Gasteiger partial charge is 0.435 e. The van der Waals surface area contributed by atoms with E-state index in [1.165, 1.54) is 0 Å². The summed E-state index contributed by atoms with van der Waals surface area (Å²) >= 11 is 0. The molecule has 1 aliphatic carbocycles. The summed E-state index contributed by atoms with van der Waals surface area (Å²) in [6, 6.07) is 0.0921. The van der Waals surface area contributed by atoms with E-state index in [2.05, 4.69) is 12.2 Å². The Morgan fingerprint density at radius 2 is 1.90 bits per heavy atom. The molecule has 5 fully saturated rings. The van der Waals surface area contributed by atoms with Gasteiger partial charge in [-0.25, -0.2) is 9.78 Å². The molecule has 5 rings (SSSR count). The minimum Gasteiger partial charge on any atom is -0.435 e. The molecule has 176 valence electrons. The molecule has 0 aromatic heterocycles. The van der Waals surface area contributed by atoms with E-state index in [0.717, 1.165) is 32.1 Å². The van der Waals surface area contributed by atoms with Crippen molar-refractivity contribution in [2.75, 3.05) is 0 Å². The van der Waals surface area contributed by atoms with E-state index in [0.29, 0.717) is 5.92 Å². The van der Waals surface area contributed by atoms with E-state index in [9.17, 15) is 9.59 Å². The lowest BCUT2D eigenvalue weighted by Gasteiger charge is -2.59. The van der Waals surface area contributed by atoms with Crippen molar-refractivity contribution in [1.82, 2.24) is 5.32 Å². The molecule has 1 N–H and O–H groups in total. The lowest BCUT2D eigenvalue weighted by Crippen LogP contribution is -2.70. The molecular weight excluding hydrogens is 402 g/mol. The fraction of sp³-hybridized carbons (Fsp3) is 0.913. The molecule has 6 unspecified atom stereocenters. The summed E-state index contributed by atoms with van der Waals surface area (Å²) in [4.78, 5) is 36.4. The van der Waals surface area contributed by atoms with Crippen LogP contribution in [0.4, 0.5) is 0 Å². The minimum atomic E-state index is -0.860. The number of ether oxygens (including phenoxy) is 3. The van der Waals surface area contributed by atoms with Crippen molar-refractivity contribution in [3.05, 3.63) is 0 Å². The van der Waals surface area contributed by atoms with Crippen LogP contribution in [0.3, 0.4) is 0 Å². The number of carbonyl (C=O) groups excluding carboxylic acids is 2. The molecule has 8 heteroatoms. The Bertz CT molecular complexity index is 701. The highest BCUT2D eigenvalue weighted by Gasteiger charge is 2.69. The van der Waals surface area contributed by atoms with Gasteiger partial charge in [-0.2, -0.15) is 0 Å². The predicted octanol–water partition coefficient (Wildman–Crippen LogP) is 3.43. The highest BCUT2D eigenvalue weighted by molar-refractivity contribution is 5.81. The number of carbonyl (C=O) groups is 2. The molecule has 4 heterocycles. The first kappa shape index (κ1) is 23.0. The monoisotopic (exact) mass is 439 g/mol. The summed E-state index contributed by atoms with van der Waals surface area (Å²) < 4.78 is 18.2. The Labute approximate surface area is 184 Å². The molecule has 5 aliphatic rings. The number of esters is 1. The lowest BCUT2D eigenvalue weighted by atomic mass is 9.58. The number of hydrogen-bond acceptors (Lipinski definition) is 7. The Morgan fingerprint density at radius 1 is 1.13 bits per heavy atom. The van der Waals surface area contributed by atoms with E-state index in [1.807, 2.05) is 27.7 Å². The highest BCUT2D eigenvalue weighted by atomic mass is 17.3. The van der Waals surface area contributed by atoms with Gasteiger partial charge in [-0.1, -0.05) is 20.8 Å².